The molecule has 0 aromatic heterocycles. The molecule has 1 amide bonds. The van der Waals surface area contributed by atoms with E-state index in [-0.39, 0.29) is 24.0 Å². The lowest BCUT2D eigenvalue weighted by Gasteiger charge is -2.18. The lowest BCUT2D eigenvalue weighted by molar-refractivity contribution is -0.117. The Morgan fingerprint density at radius 1 is 1.21 bits per heavy atom. The summed E-state index contributed by atoms with van der Waals surface area (Å²) < 4.78 is 35.8. The fraction of sp³-hybridized carbons (Fsp3) is 0.350. The van der Waals surface area contributed by atoms with Crippen molar-refractivity contribution in [3.8, 4) is 11.5 Å². The molecule has 1 N–H and O–H groups in total. The van der Waals surface area contributed by atoms with Gasteiger partial charge in [0.05, 0.1) is 13.2 Å². The molecule has 0 bridgehead atoms. The molecule has 0 aliphatic carbocycles. The maximum Gasteiger partial charge on any atom is 0.387 e. The molecule has 0 fully saturated rings. The lowest BCUT2D eigenvalue weighted by atomic mass is 10.2. The number of benzene rings is 2. The zero-order chi connectivity index (χ0) is 20.7. The van der Waals surface area contributed by atoms with Crippen molar-refractivity contribution in [3.63, 3.8) is 0 Å². The van der Waals surface area contributed by atoms with Gasteiger partial charge in [-0.25, -0.2) is 0 Å². The molecule has 8 heteroatoms. The summed E-state index contributed by atoms with van der Waals surface area (Å²) >= 11 is 3.39. The van der Waals surface area contributed by atoms with Gasteiger partial charge in [-0.3, -0.25) is 9.69 Å². The molecule has 28 heavy (non-hydrogen) atoms. The number of likely N-dealkylation sites (N-methyl/N-ethyl adjacent to an activating group) is 1. The molecular formula is C20H23BrF2N2O3. The van der Waals surface area contributed by atoms with E-state index >= 15 is 0 Å². The second-order valence-corrected chi connectivity index (χ2v) is 7.19. The molecule has 152 valence electrons. The summed E-state index contributed by atoms with van der Waals surface area (Å²) in [5.41, 5.74) is 2.54. The molecule has 0 heterocycles. The number of ether oxygens (including phenoxy) is 2. The van der Waals surface area contributed by atoms with E-state index in [2.05, 4.69) is 26.0 Å². The Bertz CT molecular complexity index is 818. The average Bonchev–Trinajstić information content (AvgIpc) is 2.59. The van der Waals surface area contributed by atoms with Gasteiger partial charge in [0.15, 0.2) is 11.5 Å². The Kier molecular flexibility index (Phi) is 8.19. The van der Waals surface area contributed by atoms with Gasteiger partial charge < -0.3 is 14.8 Å². The zero-order valence-electron chi connectivity index (χ0n) is 16.0. The predicted octanol–water partition coefficient (Wildman–Crippen LogP) is 4.83. The number of nitrogens with one attached hydrogen (secondary N) is 1. The predicted molar refractivity (Wildman–Crippen MR) is 108 cm³/mol. The Morgan fingerprint density at radius 3 is 2.61 bits per heavy atom. The number of aryl methyl sites for hydroxylation is 1. The number of rotatable bonds is 9. The van der Waals surface area contributed by atoms with Crippen molar-refractivity contribution in [2.75, 3.05) is 25.5 Å². The smallest absolute Gasteiger partial charge is 0.387 e. The summed E-state index contributed by atoms with van der Waals surface area (Å²) in [4.78, 5) is 14.1. The van der Waals surface area contributed by atoms with Gasteiger partial charge in [0, 0.05) is 16.7 Å². The first-order valence-electron chi connectivity index (χ1n) is 8.73. The summed E-state index contributed by atoms with van der Waals surface area (Å²) in [5, 5.41) is 2.89. The van der Waals surface area contributed by atoms with Crippen LogP contribution in [0.1, 0.15) is 18.1 Å². The number of amides is 1. The summed E-state index contributed by atoms with van der Waals surface area (Å²) in [7, 11) is 1.80. The van der Waals surface area contributed by atoms with Crippen LogP contribution in [0.15, 0.2) is 40.9 Å². The van der Waals surface area contributed by atoms with Crippen molar-refractivity contribution >= 4 is 27.5 Å². The van der Waals surface area contributed by atoms with Gasteiger partial charge in [-0.15, -0.1) is 0 Å². The molecule has 5 nitrogen and oxygen atoms in total. The lowest BCUT2D eigenvalue weighted by Crippen LogP contribution is -2.30. The molecular weight excluding hydrogens is 434 g/mol. The first-order chi connectivity index (χ1) is 13.3. The number of carbonyl (C=O) groups is 1. The molecule has 0 unspecified atom stereocenters. The van der Waals surface area contributed by atoms with Crippen molar-refractivity contribution in [1.82, 2.24) is 4.90 Å². The van der Waals surface area contributed by atoms with Gasteiger partial charge in [0.1, 0.15) is 0 Å². The molecule has 0 atom stereocenters. The van der Waals surface area contributed by atoms with Crippen LogP contribution in [0.4, 0.5) is 14.5 Å². The molecule has 2 aromatic carbocycles. The maximum atomic E-state index is 12.5. The number of carbonyl (C=O) groups excluding carboxylic acids is 1. The van der Waals surface area contributed by atoms with Gasteiger partial charge in [-0.1, -0.05) is 22.0 Å². The van der Waals surface area contributed by atoms with Crippen molar-refractivity contribution in [2.45, 2.75) is 27.0 Å². The second-order valence-electron chi connectivity index (χ2n) is 6.27. The molecule has 2 rings (SSSR count). The molecule has 2 aromatic rings. The third kappa shape index (κ3) is 6.76. The van der Waals surface area contributed by atoms with Crippen LogP contribution in [0.5, 0.6) is 11.5 Å². The van der Waals surface area contributed by atoms with E-state index < -0.39 is 6.61 Å². The van der Waals surface area contributed by atoms with Gasteiger partial charge in [-0.2, -0.15) is 8.78 Å². The Morgan fingerprint density at radius 2 is 1.96 bits per heavy atom. The van der Waals surface area contributed by atoms with Gasteiger partial charge in [0.25, 0.3) is 0 Å². The highest BCUT2D eigenvalue weighted by Gasteiger charge is 2.14. The normalized spacial score (nSPS) is 11.0. The third-order valence-electron chi connectivity index (χ3n) is 3.85. The highest BCUT2D eigenvalue weighted by atomic mass is 79.9. The summed E-state index contributed by atoms with van der Waals surface area (Å²) in [5.74, 6) is 0.103. The van der Waals surface area contributed by atoms with E-state index in [1.54, 1.807) is 26.1 Å². The molecule has 0 saturated carbocycles. The van der Waals surface area contributed by atoms with E-state index in [0.717, 1.165) is 21.3 Å². The van der Waals surface area contributed by atoms with E-state index in [9.17, 15) is 13.6 Å². The van der Waals surface area contributed by atoms with Gasteiger partial charge in [0.2, 0.25) is 5.91 Å². The minimum absolute atomic E-state index is 0.00768. The van der Waals surface area contributed by atoms with Crippen LogP contribution >= 0.6 is 15.9 Å². The highest BCUT2D eigenvalue weighted by Crippen LogP contribution is 2.30. The van der Waals surface area contributed by atoms with Gasteiger partial charge in [-0.05, 0) is 62.4 Å². The van der Waals surface area contributed by atoms with Crippen LogP contribution in [0, 0.1) is 6.92 Å². The Labute approximate surface area is 171 Å². The monoisotopic (exact) mass is 456 g/mol. The quantitative estimate of drug-likeness (QED) is 0.587. The van der Waals surface area contributed by atoms with Crippen LogP contribution < -0.4 is 14.8 Å². The van der Waals surface area contributed by atoms with Crippen LogP contribution in [0.2, 0.25) is 0 Å². The van der Waals surface area contributed by atoms with Crippen molar-refractivity contribution in [2.24, 2.45) is 0 Å². The second kappa shape index (κ2) is 10.4. The number of hydrogen-bond donors (Lipinski definition) is 1. The van der Waals surface area contributed by atoms with Crippen molar-refractivity contribution in [1.29, 1.82) is 0 Å². The minimum Gasteiger partial charge on any atom is -0.490 e. The van der Waals surface area contributed by atoms with Crippen LogP contribution in [-0.2, 0) is 11.3 Å². The van der Waals surface area contributed by atoms with E-state index in [1.165, 1.54) is 6.07 Å². The van der Waals surface area contributed by atoms with E-state index in [4.69, 9.17) is 4.74 Å². The summed E-state index contributed by atoms with van der Waals surface area (Å²) in [6, 6.07) is 10.4. The third-order valence-corrected chi connectivity index (χ3v) is 4.35. The molecule has 0 saturated heterocycles. The minimum atomic E-state index is -2.92. The summed E-state index contributed by atoms with van der Waals surface area (Å²) in [6.45, 7) is 1.71. The van der Waals surface area contributed by atoms with E-state index in [0.29, 0.717) is 13.2 Å². The van der Waals surface area contributed by atoms with Crippen LogP contribution in [0.3, 0.4) is 0 Å². The zero-order valence-corrected chi connectivity index (χ0v) is 17.6. The fourth-order valence-electron chi connectivity index (χ4n) is 2.68. The number of nitrogens with zero attached hydrogens (tertiary/aromatic N) is 1. The number of anilines is 1. The first kappa shape index (κ1) is 22.1. The number of hydrogen-bond acceptors (Lipinski definition) is 4. The average molecular weight is 457 g/mol. The Balaban J connectivity index is 1.98. The molecule has 0 spiro atoms. The summed E-state index contributed by atoms with van der Waals surface area (Å²) in [6.07, 6.45) is 0. The topological polar surface area (TPSA) is 50.8 Å². The first-order valence-corrected chi connectivity index (χ1v) is 9.53. The van der Waals surface area contributed by atoms with Crippen LogP contribution in [-0.4, -0.2) is 37.6 Å². The SMILES string of the molecule is CCOc1cc(CN(C)CC(=O)Nc2ccc(Br)cc2C)ccc1OC(F)F. The highest BCUT2D eigenvalue weighted by molar-refractivity contribution is 9.10. The van der Waals surface area contributed by atoms with Crippen molar-refractivity contribution in [3.05, 3.63) is 52.0 Å². The van der Waals surface area contributed by atoms with Gasteiger partial charge >= 0.3 is 6.61 Å². The van der Waals surface area contributed by atoms with Crippen LogP contribution in [0.25, 0.3) is 0 Å². The standard InChI is InChI=1S/C20H23BrF2N2O3/c1-4-27-18-10-14(5-8-17(18)28-20(22)23)11-25(3)12-19(26)24-16-7-6-15(21)9-13(16)2/h5-10,20H,4,11-12H2,1-3H3,(H,24,26). The largest absolute Gasteiger partial charge is 0.490 e. The maximum absolute atomic E-state index is 12.5. The molecule has 0 aliphatic heterocycles. The van der Waals surface area contributed by atoms with E-state index in [1.807, 2.05) is 30.0 Å². The Hall–Kier alpha value is -2.19. The molecule has 0 aliphatic rings. The number of alkyl halides is 2. The fourth-order valence-corrected chi connectivity index (χ4v) is 3.16. The van der Waals surface area contributed by atoms with Crippen molar-refractivity contribution < 1.29 is 23.0 Å². The number of halogens is 3. The molecule has 0 radical (unpaired) electrons.